The highest BCUT2D eigenvalue weighted by Gasteiger charge is 2.30. The van der Waals surface area contributed by atoms with E-state index in [1.165, 1.54) is 17.7 Å². The molecule has 0 spiro atoms. The molecular weight excluding hydrogens is 260 g/mol. The van der Waals surface area contributed by atoms with Crippen LogP contribution in [0.25, 0.3) is 5.82 Å². The van der Waals surface area contributed by atoms with Crippen molar-refractivity contribution in [2.75, 3.05) is 0 Å². The van der Waals surface area contributed by atoms with Gasteiger partial charge in [-0.25, -0.2) is 4.68 Å². The Morgan fingerprint density at radius 3 is 2.74 bits per heavy atom. The van der Waals surface area contributed by atoms with Crippen LogP contribution in [0.4, 0.5) is 0 Å². The number of nitrogens with zero attached hydrogens (tertiary/aromatic N) is 4. The van der Waals surface area contributed by atoms with Crippen LogP contribution in [0.1, 0.15) is 37.2 Å². The lowest BCUT2D eigenvalue weighted by molar-refractivity contribution is 0.308. The zero-order chi connectivity index (χ0) is 13.6. The molecule has 19 heavy (non-hydrogen) atoms. The van der Waals surface area contributed by atoms with Gasteiger partial charge in [-0.2, -0.15) is 5.10 Å². The van der Waals surface area contributed by atoms with E-state index >= 15 is 0 Å². The smallest absolute Gasteiger partial charge is 0.176 e. The van der Waals surface area contributed by atoms with Gasteiger partial charge in [-0.05, 0) is 49.3 Å². The standard InChI is InChI=1S/C14H17ClN4/c1-9-10-6-7-14(2,3)8-11(10)19(18-9)13-5-4-12(15)16-17-13/h4-5H,6-8H2,1-3H3. The minimum absolute atomic E-state index is 0.317. The van der Waals surface area contributed by atoms with Crippen molar-refractivity contribution < 1.29 is 0 Å². The minimum Gasteiger partial charge on any atom is -0.217 e. The third-order valence-corrected chi connectivity index (χ3v) is 4.03. The lowest BCUT2D eigenvalue weighted by atomic mass is 9.76. The van der Waals surface area contributed by atoms with Crippen molar-refractivity contribution >= 4 is 11.6 Å². The fourth-order valence-corrected chi connectivity index (χ4v) is 2.83. The fraction of sp³-hybridized carbons (Fsp3) is 0.500. The zero-order valence-electron chi connectivity index (χ0n) is 11.4. The third kappa shape index (κ3) is 2.25. The van der Waals surface area contributed by atoms with Crippen LogP contribution in [0.15, 0.2) is 12.1 Å². The molecule has 0 N–H and O–H groups in total. The predicted octanol–water partition coefficient (Wildman–Crippen LogP) is 3.14. The molecule has 0 unspecified atom stereocenters. The molecule has 0 radical (unpaired) electrons. The van der Waals surface area contributed by atoms with Gasteiger partial charge < -0.3 is 0 Å². The first-order valence-corrected chi connectivity index (χ1v) is 6.91. The van der Waals surface area contributed by atoms with Crippen LogP contribution in [0, 0.1) is 12.3 Å². The van der Waals surface area contributed by atoms with Gasteiger partial charge in [0, 0.05) is 0 Å². The summed E-state index contributed by atoms with van der Waals surface area (Å²) in [5.74, 6) is 0.742. The molecule has 1 aliphatic carbocycles. The van der Waals surface area contributed by atoms with E-state index in [0.717, 1.165) is 24.4 Å². The zero-order valence-corrected chi connectivity index (χ0v) is 12.2. The normalized spacial score (nSPS) is 17.3. The largest absolute Gasteiger partial charge is 0.217 e. The van der Waals surface area contributed by atoms with Crippen LogP contribution < -0.4 is 0 Å². The summed E-state index contributed by atoms with van der Waals surface area (Å²) in [4.78, 5) is 0. The highest BCUT2D eigenvalue weighted by Crippen LogP contribution is 2.36. The highest BCUT2D eigenvalue weighted by atomic mass is 35.5. The first-order valence-electron chi connectivity index (χ1n) is 6.53. The number of hydrogen-bond donors (Lipinski definition) is 0. The van der Waals surface area contributed by atoms with Crippen molar-refractivity contribution in [2.45, 2.75) is 40.0 Å². The van der Waals surface area contributed by atoms with E-state index in [-0.39, 0.29) is 0 Å². The van der Waals surface area contributed by atoms with Crippen LogP contribution >= 0.6 is 11.6 Å². The summed E-state index contributed by atoms with van der Waals surface area (Å²) in [5.41, 5.74) is 4.06. The molecule has 3 rings (SSSR count). The van der Waals surface area contributed by atoms with E-state index in [1.54, 1.807) is 6.07 Å². The summed E-state index contributed by atoms with van der Waals surface area (Å²) >= 11 is 5.79. The Labute approximate surface area is 117 Å². The maximum Gasteiger partial charge on any atom is 0.176 e. The second-order valence-corrected chi connectivity index (χ2v) is 6.36. The third-order valence-electron chi connectivity index (χ3n) is 3.82. The molecule has 0 saturated heterocycles. The Bertz CT molecular complexity index is 613. The summed E-state index contributed by atoms with van der Waals surface area (Å²) in [6.07, 6.45) is 3.32. The second-order valence-electron chi connectivity index (χ2n) is 5.98. The summed E-state index contributed by atoms with van der Waals surface area (Å²) in [6, 6.07) is 3.62. The molecule has 0 saturated carbocycles. The Balaban J connectivity index is 2.11. The van der Waals surface area contributed by atoms with Crippen LogP contribution in [0.3, 0.4) is 0 Å². The van der Waals surface area contributed by atoms with E-state index in [0.29, 0.717) is 10.6 Å². The molecule has 0 aliphatic heterocycles. The molecule has 0 atom stereocenters. The molecule has 0 fully saturated rings. The lowest BCUT2D eigenvalue weighted by Gasteiger charge is -2.30. The first-order chi connectivity index (χ1) is 8.96. The number of hydrogen-bond acceptors (Lipinski definition) is 3. The van der Waals surface area contributed by atoms with Gasteiger partial charge in [-0.1, -0.05) is 25.4 Å². The molecule has 5 heteroatoms. The Kier molecular flexibility index (Phi) is 2.86. The number of aryl methyl sites for hydroxylation is 1. The van der Waals surface area contributed by atoms with Crippen molar-refractivity contribution in [3.05, 3.63) is 34.2 Å². The van der Waals surface area contributed by atoms with Crippen LogP contribution in [0.5, 0.6) is 0 Å². The van der Waals surface area contributed by atoms with E-state index in [1.807, 2.05) is 10.7 Å². The monoisotopic (exact) mass is 276 g/mol. The molecule has 1 aliphatic rings. The molecular formula is C14H17ClN4. The van der Waals surface area contributed by atoms with Gasteiger partial charge in [0.15, 0.2) is 11.0 Å². The Morgan fingerprint density at radius 1 is 1.26 bits per heavy atom. The van der Waals surface area contributed by atoms with E-state index in [4.69, 9.17) is 11.6 Å². The van der Waals surface area contributed by atoms with Crippen molar-refractivity contribution in [3.63, 3.8) is 0 Å². The van der Waals surface area contributed by atoms with E-state index in [2.05, 4.69) is 36.1 Å². The molecule has 0 amide bonds. The SMILES string of the molecule is Cc1nn(-c2ccc(Cl)nn2)c2c1CCC(C)(C)C2. The Hall–Kier alpha value is -1.42. The topological polar surface area (TPSA) is 43.6 Å². The number of aromatic nitrogens is 4. The number of halogens is 1. The second kappa shape index (κ2) is 4.30. The molecule has 0 aromatic carbocycles. The van der Waals surface area contributed by atoms with E-state index in [9.17, 15) is 0 Å². The van der Waals surface area contributed by atoms with Gasteiger partial charge in [0.05, 0.1) is 11.4 Å². The summed E-state index contributed by atoms with van der Waals surface area (Å²) in [5, 5.41) is 13.1. The van der Waals surface area contributed by atoms with Crippen molar-refractivity contribution in [2.24, 2.45) is 5.41 Å². The lowest BCUT2D eigenvalue weighted by Crippen LogP contribution is -2.24. The van der Waals surface area contributed by atoms with Gasteiger partial charge in [0.1, 0.15) is 0 Å². The van der Waals surface area contributed by atoms with Crippen LogP contribution in [-0.2, 0) is 12.8 Å². The fourth-order valence-electron chi connectivity index (χ4n) is 2.73. The van der Waals surface area contributed by atoms with Gasteiger partial charge in [-0.15, -0.1) is 10.2 Å². The van der Waals surface area contributed by atoms with Crippen LogP contribution in [-0.4, -0.2) is 20.0 Å². The maximum absolute atomic E-state index is 5.79. The van der Waals surface area contributed by atoms with Crippen molar-refractivity contribution in [1.29, 1.82) is 0 Å². The summed E-state index contributed by atoms with van der Waals surface area (Å²) in [6.45, 7) is 6.67. The molecule has 2 heterocycles. The van der Waals surface area contributed by atoms with Gasteiger partial charge in [-0.3, -0.25) is 0 Å². The highest BCUT2D eigenvalue weighted by molar-refractivity contribution is 6.29. The Morgan fingerprint density at radius 2 is 2.05 bits per heavy atom. The molecule has 2 aromatic heterocycles. The van der Waals surface area contributed by atoms with Gasteiger partial charge in [0.25, 0.3) is 0 Å². The molecule has 0 bridgehead atoms. The van der Waals surface area contributed by atoms with Gasteiger partial charge >= 0.3 is 0 Å². The van der Waals surface area contributed by atoms with Gasteiger partial charge in [0.2, 0.25) is 0 Å². The maximum atomic E-state index is 5.79. The molecule has 4 nitrogen and oxygen atoms in total. The van der Waals surface area contributed by atoms with Crippen molar-refractivity contribution in [3.8, 4) is 5.82 Å². The summed E-state index contributed by atoms with van der Waals surface area (Å²) in [7, 11) is 0. The molecule has 100 valence electrons. The minimum atomic E-state index is 0.317. The van der Waals surface area contributed by atoms with E-state index < -0.39 is 0 Å². The number of rotatable bonds is 1. The first kappa shape index (κ1) is 12.6. The number of fused-ring (bicyclic) bond motifs is 1. The quantitative estimate of drug-likeness (QED) is 0.804. The van der Waals surface area contributed by atoms with Crippen LogP contribution in [0.2, 0.25) is 5.15 Å². The average Bonchev–Trinajstić information content (AvgIpc) is 2.66. The average molecular weight is 277 g/mol. The summed E-state index contributed by atoms with van der Waals surface area (Å²) < 4.78 is 1.93. The predicted molar refractivity (Wildman–Crippen MR) is 74.7 cm³/mol. The van der Waals surface area contributed by atoms with Crippen molar-refractivity contribution in [1.82, 2.24) is 20.0 Å². The molecule has 2 aromatic rings.